The standard InChI is InChI=1S/C20H23N3O4S/c1-12-7-6-8-13(2)18(12)22-20(28)23-21-11-15-9-16(25-4)19(27-14(3)24)17(10-15)26-5/h6-11H,1-5H3,(H2,22,23,28)/b21-11+. The van der Waals surface area contributed by atoms with Crippen LogP contribution < -0.4 is 25.0 Å². The summed E-state index contributed by atoms with van der Waals surface area (Å²) in [4.78, 5) is 11.3. The van der Waals surface area contributed by atoms with Gasteiger partial charge in [0.1, 0.15) is 0 Å². The third-order valence-electron chi connectivity index (χ3n) is 3.83. The van der Waals surface area contributed by atoms with Crippen molar-refractivity contribution in [3.8, 4) is 17.2 Å². The highest BCUT2D eigenvalue weighted by atomic mass is 32.1. The van der Waals surface area contributed by atoms with Crippen molar-refractivity contribution in [2.24, 2.45) is 5.10 Å². The van der Waals surface area contributed by atoms with E-state index < -0.39 is 5.97 Å². The highest BCUT2D eigenvalue weighted by molar-refractivity contribution is 7.80. The lowest BCUT2D eigenvalue weighted by atomic mass is 10.1. The van der Waals surface area contributed by atoms with Gasteiger partial charge in [0, 0.05) is 18.2 Å². The van der Waals surface area contributed by atoms with Gasteiger partial charge in [0.2, 0.25) is 5.75 Å². The van der Waals surface area contributed by atoms with E-state index in [-0.39, 0.29) is 5.75 Å². The molecule has 0 aromatic heterocycles. The molecule has 148 valence electrons. The summed E-state index contributed by atoms with van der Waals surface area (Å²) in [7, 11) is 2.95. The predicted octanol–water partition coefficient (Wildman–Crippen LogP) is 3.57. The average Bonchev–Trinajstić information content (AvgIpc) is 2.65. The minimum atomic E-state index is -0.470. The fourth-order valence-corrected chi connectivity index (χ4v) is 2.69. The summed E-state index contributed by atoms with van der Waals surface area (Å²) in [6, 6.07) is 9.35. The Labute approximate surface area is 169 Å². The lowest BCUT2D eigenvalue weighted by molar-refractivity contribution is -0.132. The average molecular weight is 401 g/mol. The number of rotatable bonds is 6. The SMILES string of the molecule is COc1cc(/C=N/NC(=S)Nc2c(C)cccc2C)cc(OC)c1OC(C)=O. The number of hydrogen-bond donors (Lipinski definition) is 2. The van der Waals surface area contributed by atoms with Crippen LogP contribution in [0.15, 0.2) is 35.4 Å². The number of carbonyl (C=O) groups is 1. The van der Waals surface area contributed by atoms with Crippen molar-refractivity contribution in [3.63, 3.8) is 0 Å². The molecular formula is C20H23N3O4S. The number of benzene rings is 2. The van der Waals surface area contributed by atoms with E-state index in [9.17, 15) is 4.79 Å². The Hall–Kier alpha value is -3.13. The third-order valence-corrected chi connectivity index (χ3v) is 4.02. The van der Waals surface area contributed by atoms with E-state index in [1.165, 1.54) is 21.1 Å². The molecule has 0 atom stereocenters. The summed E-state index contributed by atoms with van der Waals surface area (Å²) in [5, 5.41) is 7.65. The molecular weight excluding hydrogens is 378 g/mol. The van der Waals surface area contributed by atoms with Crippen molar-refractivity contribution in [2.75, 3.05) is 19.5 Å². The van der Waals surface area contributed by atoms with Gasteiger partial charge in [-0.05, 0) is 49.3 Å². The van der Waals surface area contributed by atoms with Crippen molar-refractivity contribution in [1.82, 2.24) is 5.43 Å². The van der Waals surface area contributed by atoms with E-state index in [0.717, 1.165) is 16.8 Å². The minimum Gasteiger partial charge on any atom is -0.493 e. The first-order valence-corrected chi connectivity index (χ1v) is 8.87. The molecule has 0 aliphatic rings. The number of carbonyl (C=O) groups excluding carboxylic acids is 1. The van der Waals surface area contributed by atoms with Crippen LogP contribution in [0.1, 0.15) is 23.6 Å². The van der Waals surface area contributed by atoms with Crippen LogP contribution in [0.5, 0.6) is 17.2 Å². The monoisotopic (exact) mass is 401 g/mol. The van der Waals surface area contributed by atoms with Crippen molar-refractivity contribution >= 4 is 35.2 Å². The number of nitrogens with one attached hydrogen (secondary N) is 2. The van der Waals surface area contributed by atoms with Gasteiger partial charge in [0.25, 0.3) is 0 Å². The first-order chi connectivity index (χ1) is 13.3. The van der Waals surface area contributed by atoms with E-state index in [2.05, 4.69) is 15.8 Å². The fourth-order valence-electron chi connectivity index (χ4n) is 2.54. The number of anilines is 1. The highest BCUT2D eigenvalue weighted by Gasteiger charge is 2.15. The van der Waals surface area contributed by atoms with Crippen molar-refractivity contribution in [3.05, 3.63) is 47.0 Å². The Balaban J connectivity index is 2.13. The normalized spacial score (nSPS) is 10.5. The zero-order chi connectivity index (χ0) is 20.7. The van der Waals surface area contributed by atoms with Gasteiger partial charge in [0.05, 0.1) is 20.4 Å². The molecule has 0 radical (unpaired) electrons. The van der Waals surface area contributed by atoms with Crippen LogP contribution in [0, 0.1) is 13.8 Å². The van der Waals surface area contributed by atoms with Crippen molar-refractivity contribution in [2.45, 2.75) is 20.8 Å². The van der Waals surface area contributed by atoms with Crippen LogP contribution in [-0.4, -0.2) is 31.5 Å². The molecule has 2 rings (SSSR count). The molecule has 0 bridgehead atoms. The van der Waals surface area contributed by atoms with E-state index >= 15 is 0 Å². The maximum Gasteiger partial charge on any atom is 0.308 e. The molecule has 0 aliphatic heterocycles. The first kappa shape index (κ1) is 21.2. The lowest BCUT2D eigenvalue weighted by Gasteiger charge is -2.13. The van der Waals surface area contributed by atoms with Gasteiger partial charge in [0.15, 0.2) is 16.6 Å². The van der Waals surface area contributed by atoms with Gasteiger partial charge in [-0.1, -0.05) is 18.2 Å². The summed E-state index contributed by atoms with van der Waals surface area (Å²) in [5.74, 6) is 0.455. The summed E-state index contributed by atoms with van der Waals surface area (Å²) < 4.78 is 15.7. The van der Waals surface area contributed by atoms with Crippen LogP contribution in [0.4, 0.5) is 5.69 Å². The molecule has 28 heavy (non-hydrogen) atoms. The Kier molecular flexibility index (Phi) is 7.34. The number of aryl methyl sites for hydroxylation is 2. The largest absolute Gasteiger partial charge is 0.493 e. The summed E-state index contributed by atoms with van der Waals surface area (Å²) in [6.07, 6.45) is 1.56. The molecule has 0 heterocycles. The first-order valence-electron chi connectivity index (χ1n) is 8.46. The number of nitrogens with zero attached hydrogens (tertiary/aromatic N) is 1. The van der Waals surface area contributed by atoms with E-state index in [0.29, 0.717) is 22.2 Å². The lowest BCUT2D eigenvalue weighted by Crippen LogP contribution is -2.24. The molecule has 0 saturated heterocycles. The van der Waals surface area contributed by atoms with E-state index in [1.54, 1.807) is 18.3 Å². The molecule has 2 N–H and O–H groups in total. The van der Waals surface area contributed by atoms with Crippen molar-refractivity contribution < 1.29 is 19.0 Å². The third kappa shape index (κ3) is 5.43. The minimum absolute atomic E-state index is 0.217. The zero-order valence-electron chi connectivity index (χ0n) is 16.5. The maximum absolute atomic E-state index is 11.3. The molecule has 0 fully saturated rings. The van der Waals surface area contributed by atoms with Crippen LogP contribution in [0.2, 0.25) is 0 Å². The quantitative estimate of drug-likeness (QED) is 0.252. The number of esters is 1. The molecule has 8 heteroatoms. The molecule has 0 aliphatic carbocycles. The number of methoxy groups -OCH3 is 2. The fraction of sp³-hybridized carbons (Fsp3) is 0.250. The number of hydrogen-bond acceptors (Lipinski definition) is 6. The molecule has 0 spiro atoms. The van der Waals surface area contributed by atoms with Gasteiger partial charge in [-0.3, -0.25) is 10.2 Å². The van der Waals surface area contributed by atoms with Gasteiger partial charge in [-0.25, -0.2) is 0 Å². The molecule has 2 aromatic rings. The van der Waals surface area contributed by atoms with Gasteiger partial charge >= 0.3 is 5.97 Å². The Bertz CT molecular complexity index is 867. The second-order valence-electron chi connectivity index (χ2n) is 5.94. The van der Waals surface area contributed by atoms with Crippen LogP contribution >= 0.6 is 12.2 Å². The number of hydrazone groups is 1. The smallest absolute Gasteiger partial charge is 0.308 e. The maximum atomic E-state index is 11.3. The number of thiocarbonyl (C=S) groups is 1. The topological polar surface area (TPSA) is 81.2 Å². The van der Waals surface area contributed by atoms with E-state index in [4.69, 9.17) is 26.4 Å². The number of ether oxygens (including phenoxy) is 3. The Morgan fingerprint density at radius 1 is 1.11 bits per heavy atom. The predicted molar refractivity (Wildman–Crippen MR) is 114 cm³/mol. The summed E-state index contributed by atoms with van der Waals surface area (Å²) >= 11 is 5.29. The second kappa shape index (κ2) is 9.70. The van der Waals surface area contributed by atoms with Crippen LogP contribution in [0.25, 0.3) is 0 Å². The van der Waals surface area contributed by atoms with E-state index in [1.807, 2.05) is 32.0 Å². The Morgan fingerprint density at radius 3 is 2.18 bits per heavy atom. The molecule has 7 nitrogen and oxygen atoms in total. The van der Waals surface area contributed by atoms with Crippen molar-refractivity contribution in [1.29, 1.82) is 0 Å². The second-order valence-corrected chi connectivity index (χ2v) is 6.35. The molecule has 0 saturated carbocycles. The molecule has 0 unspecified atom stereocenters. The van der Waals surface area contributed by atoms with Crippen LogP contribution in [0.3, 0.4) is 0 Å². The zero-order valence-corrected chi connectivity index (χ0v) is 17.3. The van der Waals surface area contributed by atoms with Crippen LogP contribution in [-0.2, 0) is 4.79 Å². The number of para-hydroxylation sites is 1. The van der Waals surface area contributed by atoms with Gasteiger partial charge in [-0.2, -0.15) is 5.10 Å². The highest BCUT2D eigenvalue weighted by Crippen LogP contribution is 2.38. The summed E-state index contributed by atoms with van der Waals surface area (Å²) in [5.41, 5.74) is 6.57. The van der Waals surface area contributed by atoms with Gasteiger partial charge < -0.3 is 19.5 Å². The summed E-state index contributed by atoms with van der Waals surface area (Å²) in [6.45, 7) is 5.32. The Morgan fingerprint density at radius 2 is 1.68 bits per heavy atom. The molecule has 2 aromatic carbocycles. The van der Waals surface area contributed by atoms with Gasteiger partial charge in [-0.15, -0.1) is 0 Å². The molecule has 0 amide bonds.